The molecule has 1 aromatic carbocycles. The number of alkyl halides is 3. The van der Waals surface area contributed by atoms with E-state index in [0.717, 1.165) is 12.5 Å². The van der Waals surface area contributed by atoms with Gasteiger partial charge >= 0.3 is 12.2 Å². The van der Waals surface area contributed by atoms with E-state index in [0.29, 0.717) is 13.0 Å². The molecule has 1 aromatic rings. The standard InChI is InChI=1S/C16H18F3N3O2/c1-21-11-7-6-10(14(21)23)8-22(9-11)15(24)20-13-5-3-2-4-12(13)16(17,18)19/h2-5,10-11H,6-9H2,1H3,(H,20,24)/t10-,11+/m0/s1. The summed E-state index contributed by atoms with van der Waals surface area (Å²) in [6.45, 7) is 0.568. The van der Waals surface area contributed by atoms with E-state index in [4.69, 9.17) is 0 Å². The van der Waals surface area contributed by atoms with Crippen LogP contribution in [0.4, 0.5) is 23.7 Å². The van der Waals surface area contributed by atoms with Crippen LogP contribution in [-0.2, 0) is 11.0 Å². The second kappa shape index (κ2) is 5.99. The van der Waals surface area contributed by atoms with E-state index in [1.807, 2.05) is 0 Å². The first-order chi connectivity index (χ1) is 11.3. The molecule has 0 aromatic heterocycles. The zero-order valence-corrected chi connectivity index (χ0v) is 13.1. The molecule has 5 nitrogen and oxygen atoms in total. The Bertz CT molecular complexity index is 662. The van der Waals surface area contributed by atoms with Crippen LogP contribution < -0.4 is 5.32 Å². The van der Waals surface area contributed by atoms with E-state index in [9.17, 15) is 22.8 Å². The first-order valence-electron chi connectivity index (χ1n) is 7.76. The molecule has 0 radical (unpaired) electrons. The molecule has 8 heteroatoms. The number of rotatable bonds is 1. The van der Waals surface area contributed by atoms with Crippen LogP contribution in [0.5, 0.6) is 0 Å². The topological polar surface area (TPSA) is 52.7 Å². The van der Waals surface area contributed by atoms with Crippen molar-refractivity contribution in [1.82, 2.24) is 9.80 Å². The number of benzene rings is 1. The summed E-state index contributed by atoms with van der Waals surface area (Å²) in [6.07, 6.45) is -3.04. The number of nitrogens with zero attached hydrogens (tertiary/aromatic N) is 2. The average Bonchev–Trinajstić information content (AvgIpc) is 2.81. The number of anilines is 1. The van der Waals surface area contributed by atoms with Crippen LogP contribution in [0.25, 0.3) is 0 Å². The van der Waals surface area contributed by atoms with Crippen molar-refractivity contribution in [3.05, 3.63) is 29.8 Å². The molecule has 130 valence electrons. The van der Waals surface area contributed by atoms with Gasteiger partial charge in [-0.25, -0.2) is 4.79 Å². The molecule has 2 atom stereocenters. The number of carbonyl (C=O) groups is 2. The van der Waals surface area contributed by atoms with E-state index in [1.165, 1.54) is 23.1 Å². The lowest BCUT2D eigenvalue weighted by Gasteiger charge is -2.32. The number of nitrogens with one attached hydrogen (secondary N) is 1. The van der Waals surface area contributed by atoms with Crippen molar-refractivity contribution in [2.24, 2.45) is 5.92 Å². The number of piperidine rings is 1. The van der Waals surface area contributed by atoms with Gasteiger partial charge < -0.3 is 15.1 Å². The normalized spacial score (nSPS) is 24.1. The maximum Gasteiger partial charge on any atom is 0.418 e. The zero-order valence-electron chi connectivity index (χ0n) is 13.1. The fourth-order valence-corrected chi connectivity index (χ4v) is 3.36. The highest BCUT2D eigenvalue weighted by molar-refractivity contribution is 5.91. The molecule has 3 fully saturated rings. The Hall–Kier alpha value is -2.25. The minimum atomic E-state index is -4.54. The molecule has 3 saturated heterocycles. The van der Waals surface area contributed by atoms with Crippen molar-refractivity contribution in [3.63, 3.8) is 0 Å². The van der Waals surface area contributed by atoms with Gasteiger partial charge in [0.05, 0.1) is 17.2 Å². The van der Waals surface area contributed by atoms with Gasteiger partial charge in [0.15, 0.2) is 0 Å². The second-order valence-corrected chi connectivity index (χ2v) is 6.26. The molecular formula is C16H18F3N3O2. The fourth-order valence-electron chi connectivity index (χ4n) is 3.36. The molecule has 0 unspecified atom stereocenters. The van der Waals surface area contributed by atoms with Crippen molar-refractivity contribution in [1.29, 1.82) is 0 Å². The first kappa shape index (κ1) is 16.6. The smallest absolute Gasteiger partial charge is 0.341 e. The van der Waals surface area contributed by atoms with E-state index in [2.05, 4.69) is 5.32 Å². The van der Waals surface area contributed by atoms with Gasteiger partial charge in [0.25, 0.3) is 0 Å². The molecule has 0 aliphatic carbocycles. The van der Waals surface area contributed by atoms with Gasteiger partial charge in [-0.3, -0.25) is 4.79 Å². The van der Waals surface area contributed by atoms with Gasteiger partial charge in [0, 0.05) is 26.2 Å². The molecule has 0 saturated carbocycles. The highest BCUT2D eigenvalue weighted by atomic mass is 19.4. The Labute approximate surface area is 137 Å². The molecule has 0 spiro atoms. The van der Waals surface area contributed by atoms with E-state index in [-0.39, 0.29) is 30.1 Å². The number of urea groups is 1. The number of amides is 3. The fraction of sp³-hybridized carbons (Fsp3) is 0.500. The van der Waals surface area contributed by atoms with Crippen LogP contribution >= 0.6 is 0 Å². The number of fused-ring (bicyclic) bond motifs is 4. The Balaban J connectivity index is 1.78. The molecular weight excluding hydrogens is 323 g/mol. The van der Waals surface area contributed by atoms with Crippen LogP contribution in [0.2, 0.25) is 0 Å². The lowest BCUT2D eigenvalue weighted by atomic mass is 9.95. The van der Waals surface area contributed by atoms with Crippen molar-refractivity contribution in [3.8, 4) is 0 Å². The predicted octanol–water partition coefficient (Wildman–Crippen LogP) is 2.79. The van der Waals surface area contributed by atoms with Gasteiger partial charge in [-0.15, -0.1) is 0 Å². The maximum absolute atomic E-state index is 13.0. The third-order valence-electron chi connectivity index (χ3n) is 4.73. The largest absolute Gasteiger partial charge is 0.418 e. The molecule has 2 bridgehead atoms. The molecule has 3 aliphatic heterocycles. The van der Waals surface area contributed by atoms with Crippen LogP contribution in [0.3, 0.4) is 0 Å². The molecule has 3 heterocycles. The summed E-state index contributed by atoms with van der Waals surface area (Å²) in [6, 6.07) is 4.18. The highest BCUT2D eigenvalue weighted by Gasteiger charge is 2.40. The summed E-state index contributed by atoms with van der Waals surface area (Å²) in [4.78, 5) is 27.7. The highest BCUT2D eigenvalue weighted by Crippen LogP contribution is 2.35. The van der Waals surface area contributed by atoms with Crippen LogP contribution in [-0.4, -0.2) is 47.9 Å². The Kier molecular flexibility index (Phi) is 4.15. The lowest BCUT2D eigenvalue weighted by molar-refractivity contribution is -0.138. The number of hydrogen-bond acceptors (Lipinski definition) is 2. The summed E-state index contributed by atoms with van der Waals surface area (Å²) < 4.78 is 39.1. The molecule has 3 aliphatic rings. The van der Waals surface area contributed by atoms with Gasteiger partial charge in [0.1, 0.15) is 0 Å². The summed E-state index contributed by atoms with van der Waals surface area (Å²) in [5, 5.41) is 2.35. The molecule has 3 amide bonds. The lowest BCUT2D eigenvalue weighted by Crippen LogP contribution is -2.45. The van der Waals surface area contributed by atoms with Crippen molar-refractivity contribution < 1.29 is 22.8 Å². The SMILES string of the molecule is CN1C(=O)[C@H]2CC[C@@H]1CN(C(=O)Nc1ccccc1C(F)(F)F)C2. The molecule has 1 N–H and O–H groups in total. The van der Waals surface area contributed by atoms with E-state index in [1.54, 1.807) is 11.9 Å². The van der Waals surface area contributed by atoms with Crippen molar-refractivity contribution in [2.75, 3.05) is 25.5 Å². The number of carbonyl (C=O) groups excluding carboxylic acids is 2. The molecule has 4 rings (SSSR count). The summed E-state index contributed by atoms with van der Waals surface area (Å²) >= 11 is 0. The van der Waals surface area contributed by atoms with Gasteiger partial charge in [-0.2, -0.15) is 13.2 Å². The summed E-state index contributed by atoms with van der Waals surface area (Å²) in [5.74, 6) is -0.283. The third-order valence-corrected chi connectivity index (χ3v) is 4.73. The van der Waals surface area contributed by atoms with Crippen LogP contribution in [0.1, 0.15) is 18.4 Å². The number of para-hydroxylation sites is 1. The van der Waals surface area contributed by atoms with Crippen LogP contribution in [0.15, 0.2) is 24.3 Å². The number of halogens is 3. The van der Waals surface area contributed by atoms with E-state index < -0.39 is 17.8 Å². The summed E-state index contributed by atoms with van der Waals surface area (Å²) in [7, 11) is 1.71. The predicted molar refractivity (Wildman–Crippen MR) is 81.3 cm³/mol. The monoisotopic (exact) mass is 341 g/mol. The average molecular weight is 341 g/mol. The van der Waals surface area contributed by atoms with Gasteiger partial charge in [-0.1, -0.05) is 12.1 Å². The van der Waals surface area contributed by atoms with E-state index >= 15 is 0 Å². The second-order valence-electron chi connectivity index (χ2n) is 6.26. The minimum Gasteiger partial charge on any atom is -0.341 e. The van der Waals surface area contributed by atoms with Crippen molar-refractivity contribution >= 4 is 17.6 Å². The quantitative estimate of drug-likeness (QED) is 0.854. The Morgan fingerprint density at radius 2 is 1.92 bits per heavy atom. The Morgan fingerprint density at radius 3 is 2.62 bits per heavy atom. The minimum absolute atomic E-state index is 0.00255. The number of likely N-dealkylation sites (N-methyl/N-ethyl adjacent to an activating group) is 1. The Morgan fingerprint density at radius 1 is 1.21 bits per heavy atom. The van der Waals surface area contributed by atoms with Gasteiger partial charge in [-0.05, 0) is 25.0 Å². The van der Waals surface area contributed by atoms with Crippen molar-refractivity contribution in [2.45, 2.75) is 25.1 Å². The van der Waals surface area contributed by atoms with Crippen LogP contribution in [0, 0.1) is 5.92 Å². The summed E-state index contributed by atoms with van der Waals surface area (Å²) in [5.41, 5.74) is -1.16. The number of hydrogen-bond donors (Lipinski definition) is 1. The zero-order chi connectivity index (χ0) is 17.5. The van der Waals surface area contributed by atoms with Gasteiger partial charge in [0.2, 0.25) is 5.91 Å². The first-order valence-corrected chi connectivity index (χ1v) is 7.76. The maximum atomic E-state index is 13.0. The third kappa shape index (κ3) is 3.05. The molecule has 24 heavy (non-hydrogen) atoms.